The lowest BCUT2D eigenvalue weighted by Gasteiger charge is -2.28. The van der Waals surface area contributed by atoms with Crippen molar-refractivity contribution >= 4 is 17.1 Å². The van der Waals surface area contributed by atoms with Crippen LogP contribution in [0.4, 0.5) is 0 Å². The minimum Gasteiger partial charge on any atom is -0.348 e. The van der Waals surface area contributed by atoms with Crippen LogP contribution in [0.25, 0.3) is 11.2 Å². The van der Waals surface area contributed by atoms with E-state index in [9.17, 15) is 14.4 Å². The number of amides is 1. The molecule has 0 spiro atoms. The van der Waals surface area contributed by atoms with Crippen LogP contribution in [0.2, 0.25) is 0 Å². The Balaban J connectivity index is 1.95. The predicted molar refractivity (Wildman–Crippen MR) is 88.6 cm³/mol. The molecule has 3 N–H and O–H groups in total. The van der Waals surface area contributed by atoms with Crippen molar-refractivity contribution in [3.8, 4) is 0 Å². The third-order valence-electron chi connectivity index (χ3n) is 4.86. The number of carbonyl (C=O) groups excluding carboxylic acids is 1. The summed E-state index contributed by atoms with van der Waals surface area (Å²) in [6.07, 6.45) is 5.14. The van der Waals surface area contributed by atoms with Gasteiger partial charge in [-0.1, -0.05) is 12.8 Å². The van der Waals surface area contributed by atoms with Crippen LogP contribution < -0.4 is 22.3 Å². The number of nitrogens with zero attached hydrogens (tertiary/aromatic N) is 4. The van der Waals surface area contributed by atoms with Crippen LogP contribution in [0, 0.1) is 0 Å². The van der Waals surface area contributed by atoms with E-state index in [1.54, 1.807) is 11.6 Å². The van der Waals surface area contributed by atoms with Crippen molar-refractivity contribution in [2.75, 3.05) is 6.54 Å². The van der Waals surface area contributed by atoms with Gasteiger partial charge in [-0.05, 0) is 12.8 Å². The van der Waals surface area contributed by atoms with Gasteiger partial charge in [-0.3, -0.25) is 14.2 Å². The molecule has 1 amide bonds. The zero-order valence-corrected chi connectivity index (χ0v) is 13.9. The molecule has 2 aromatic rings. The van der Waals surface area contributed by atoms with Gasteiger partial charge in [-0.2, -0.15) is 0 Å². The molecule has 130 valence electrons. The third-order valence-corrected chi connectivity index (χ3v) is 4.86. The molecule has 0 bridgehead atoms. The number of imidazole rings is 1. The zero-order chi connectivity index (χ0) is 17.5. The smallest absolute Gasteiger partial charge is 0.332 e. The van der Waals surface area contributed by atoms with E-state index in [-0.39, 0.29) is 12.5 Å². The van der Waals surface area contributed by atoms with Gasteiger partial charge in [-0.15, -0.1) is 0 Å². The maximum absolute atomic E-state index is 12.6. The van der Waals surface area contributed by atoms with Crippen LogP contribution in [0.3, 0.4) is 0 Å². The maximum Gasteiger partial charge on any atom is 0.332 e. The number of aryl methyl sites for hydroxylation is 2. The summed E-state index contributed by atoms with van der Waals surface area (Å²) in [4.78, 5) is 41.5. The monoisotopic (exact) mass is 334 g/mol. The topological polar surface area (TPSA) is 117 Å². The van der Waals surface area contributed by atoms with Crippen LogP contribution in [-0.2, 0) is 25.4 Å². The molecule has 3 rings (SSSR count). The Labute approximate surface area is 138 Å². The fourth-order valence-corrected chi connectivity index (χ4v) is 3.45. The molecule has 1 saturated carbocycles. The number of hydrogen-bond donors (Lipinski definition) is 2. The normalized spacial score (nSPS) is 16.6. The average Bonchev–Trinajstić information content (AvgIpc) is 3.17. The fraction of sp³-hybridized carbons (Fsp3) is 0.600. The zero-order valence-electron chi connectivity index (χ0n) is 13.9. The number of nitrogens with one attached hydrogen (secondary N) is 1. The van der Waals surface area contributed by atoms with Gasteiger partial charge in [0, 0.05) is 20.6 Å². The Morgan fingerprint density at radius 1 is 1.33 bits per heavy atom. The molecule has 1 fully saturated rings. The molecule has 0 aliphatic heterocycles. The summed E-state index contributed by atoms with van der Waals surface area (Å²) in [5, 5.41) is 2.93. The molecule has 1 aliphatic carbocycles. The largest absolute Gasteiger partial charge is 0.348 e. The molecule has 1 aliphatic rings. The Morgan fingerprint density at radius 3 is 2.62 bits per heavy atom. The quantitative estimate of drug-likeness (QED) is 0.730. The summed E-state index contributed by atoms with van der Waals surface area (Å²) in [5.74, 6) is -0.372. The van der Waals surface area contributed by atoms with Gasteiger partial charge < -0.3 is 15.6 Å². The van der Waals surface area contributed by atoms with Gasteiger partial charge in [0.15, 0.2) is 11.2 Å². The van der Waals surface area contributed by atoms with E-state index in [1.165, 1.54) is 17.9 Å². The Morgan fingerprint density at radius 2 is 2.00 bits per heavy atom. The first-order valence-corrected chi connectivity index (χ1v) is 8.00. The Bertz CT molecular complexity index is 900. The van der Waals surface area contributed by atoms with E-state index in [0.29, 0.717) is 17.7 Å². The van der Waals surface area contributed by atoms with Gasteiger partial charge in [0.2, 0.25) is 5.91 Å². The van der Waals surface area contributed by atoms with Crippen LogP contribution in [-0.4, -0.2) is 36.7 Å². The third kappa shape index (κ3) is 2.54. The molecule has 2 aromatic heterocycles. The molecule has 2 heterocycles. The number of carbonyl (C=O) groups is 1. The lowest BCUT2D eigenvalue weighted by atomic mass is 9.98. The SMILES string of the molecule is Cn1cnc2c1c(=O)n(CC(=O)NC1(CN)CCCC1)c(=O)n2C. The number of fused-ring (bicyclic) bond motifs is 1. The lowest BCUT2D eigenvalue weighted by Crippen LogP contribution is -2.54. The highest BCUT2D eigenvalue weighted by Gasteiger charge is 2.34. The van der Waals surface area contributed by atoms with Crippen molar-refractivity contribution in [1.29, 1.82) is 0 Å². The summed E-state index contributed by atoms with van der Waals surface area (Å²) in [5.41, 5.74) is 4.92. The van der Waals surface area contributed by atoms with E-state index in [2.05, 4.69) is 10.3 Å². The fourth-order valence-electron chi connectivity index (χ4n) is 3.45. The molecule has 0 saturated heterocycles. The predicted octanol–water partition coefficient (Wildman–Crippen LogP) is -1.18. The maximum atomic E-state index is 12.6. The standard InChI is InChI=1S/C15H22N6O3/c1-19-9-17-12-11(19)13(23)21(14(24)20(12)2)7-10(22)18-15(8-16)5-3-4-6-15/h9H,3-8,16H2,1-2H3,(H,18,22). The highest BCUT2D eigenvalue weighted by atomic mass is 16.2. The van der Waals surface area contributed by atoms with Gasteiger partial charge in [0.25, 0.3) is 5.56 Å². The summed E-state index contributed by atoms with van der Waals surface area (Å²) in [7, 11) is 3.21. The van der Waals surface area contributed by atoms with Crippen molar-refractivity contribution in [1.82, 2.24) is 24.0 Å². The molecule has 0 aromatic carbocycles. The highest BCUT2D eigenvalue weighted by molar-refractivity contribution is 5.77. The van der Waals surface area contributed by atoms with E-state index < -0.39 is 16.8 Å². The van der Waals surface area contributed by atoms with E-state index in [4.69, 9.17) is 5.73 Å². The summed E-state index contributed by atoms with van der Waals surface area (Å²) >= 11 is 0. The second-order valence-electron chi connectivity index (χ2n) is 6.50. The Kier molecular flexibility index (Phi) is 4.04. The molecular weight excluding hydrogens is 312 g/mol. The molecular formula is C15H22N6O3. The number of rotatable bonds is 4. The minimum absolute atomic E-state index is 0.291. The molecule has 0 unspecified atom stereocenters. The number of hydrogen-bond acceptors (Lipinski definition) is 5. The van der Waals surface area contributed by atoms with Crippen LogP contribution >= 0.6 is 0 Å². The van der Waals surface area contributed by atoms with Crippen LogP contribution in [0.5, 0.6) is 0 Å². The number of nitrogens with two attached hydrogens (primary N) is 1. The van der Waals surface area contributed by atoms with Gasteiger partial charge in [0.1, 0.15) is 6.54 Å². The Hall–Kier alpha value is -2.42. The molecule has 9 nitrogen and oxygen atoms in total. The van der Waals surface area contributed by atoms with Gasteiger partial charge in [0.05, 0.1) is 11.9 Å². The van der Waals surface area contributed by atoms with Crippen LogP contribution in [0.15, 0.2) is 15.9 Å². The van der Waals surface area contributed by atoms with Crippen molar-refractivity contribution < 1.29 is 4.79 Å². The summed E-state index contributed by atoms with van der Waals surface area (Å²) < 4.78 is 3.76. The first kappa shape index (κ1) is 16.4. The molecule has 0 atom stereocenters. The van der Waals surface area contributed by atoms with E-state index in [1.807, 2.05) is 0 Å². The van der Waals surface area contributed by atoms with Crippen LogP contribution in [0.1, 0.15) is 25.7 Å². The first-order chi connectivity index (χ1) is 11.4. The van der Waals surface area contributed by atoms with Crippen molar-refractivity contribution in [2.45, 2.75) is 37.8 Å². The van der Waals surface area contributed by atoms with Crippen molar-refractivity contribution in [2.24, 2.45) is 19.8 Å². The second kappa shape index (κ2) is 5.90. The van der Waals surface area contributed by atoms with Gasteiger partial charge in [-0.25, -0.2) is 14.3 Å². The van der Waals surface area contributed by atoms with E-state index in [0.717, 1.165) is 30.3 Å². The molecule has 0 radical (unpaired) electrons. The summed E-state index contributed by atoms with van der Waals surface area (Å²) in [6, 6.07) is 0. The van der Waals surface area contributed by atoms with Crippen molar-refractivity contribution in [3.05, 3.63) is 27.2 Å². The summed E-state index contributed by atoms with van der Waals surface area (Å²) in [6.45, 7) is 0.0286. The number of aromatic nitrogens is 4. The average molecular weight is 334 g/mol. The second-order valence-corrected chi connectivity index (χ2v) is 6.50. The molecule has 9 heteroatoms. The van der Waals surface area contributed by atoms with Crippen molar-refractivity contribution in [3.63, 3.8) is 0 Å². The highest BCUT2D eigenvalue weighted by Crippen LogP contribution is 2.28. The first-order valence-electron chi connectivity index (χ1n) is 8.00. The van der Waals surface area contributed by atoms with E-state index >= 15 is 0 Å². The minimum atomic E-state index is -0.561. The lowest BCUT2D eigenvalue weighted by molar-refractivity contribution is -0.123. The van der Waals surface area contributed by atoms with Gasteiger partial charge >= 0.3 is 5.69 Å². The molecule has 24 heavy (non-hydrogen) atoms.